The average molecular weight is 498 g/mol. The first-order chi connectivity index (χ1) is 16.9. The summed E-state index contributed by atoms with van der Waals surface area (Å²) in [6.45, 7) is 8.11. The van der Waals surface area contributed by atoms with Crippen molar-refractivity contribution in [3.8, 4) is 5.75 Å². The lowest BCUT2D eigenvalue weighted by Gasteiger charge is -2.36. The standard InChI is InChI=1S/C27H29ClFN3O3/c1-19(2)35-27(33)23-7-4-10-30-26(23)32-13-11-31(12-14-32)17-20-5-3-6-21(15-20)18-34-22-8-9-25(29)24(28)16-22/h3-10,15-16,19H,11-14,17-18H2,1-2H3. The summed E-state index contributed by atoms with van der Waals surface area (Å²) in [6, 6.07) is 16.1. The molecule has 4 rings (SSSR count). The molecule has 35 heavy (non-hydrogen) atoms. The van der Waals surface area contributed by atoms with E-state index in [-0.39, 0.29) is 17.1 Å². The summed E-state index contributed by atoms with van der Waals surface area (Å²) in [7, 11) is 0. The second-order valence-corrected chi connectivity index (χ2v) is 9.18. The fourth-order valence-corrected chi connectivity index (χ4v) is 4.18. The summed E-state index contributed by atoms with van der Waals surface area (Å²) in [4.78, 5) is 21.5. The quantitative estimate of drug-likeness (QED) is 0.391. The molecular weight excluding hydrogens is 469 g/mol. The molecule has 2 aromatic carbocycles. The van der Waals surface area contributed by atoms with E-state index >= 15 is 0 Å². The molecule has 0 aliphatic carbocycles. The highest BCUT2D eigenvalue weighted by molar-refractivity contribution is 6.30. The molecular formula is C27H29ClFN3O3. The number of carbonyl (C=O) groups excluding carboxylic acids is 1. The number of carbonyl (C=O) groups is 1. The predicted octanol–water partition coefficient (Wildman–Crippen LogP) is 5.34. The maximum absolute atomic E-state index is 13.3. The molecule has 0 N–H and O–H groups in total. The largest absolute Gasteiger partial charge is 0.489 e. The summed E-state index contributed by atoms with van der Waals surface area (Å²) in [6.07, 6.45) is 1.53. The number of halogens is 2. The molecule has 1 aromatic heterocycles. The van der Waals surface area contributed by atoms with Gasteiger partial charge in [-0.05, 0) is 49.2 Å². The molecule has 6 nitrogen and oxygen atoms in total. The molecule has 0 radical (unpaired) electrons. The monoisotopic (exact) mass is 497 g/mol. The Bertz CT molecular complexity index is 1170. The van der Waals surface area contributed by atoms with Crippen LogP contribution in [0.5, 0.6) is 5.75 Å². The fraction of sp³-hybridized carbons (Fsp3) is 0.333. The van der Waals surface area contributed by atoms with Crippen LogP contribution in [-0.2, 0) is 17.9 Å². The second kappa shape index (κ2) is 11.5. The molecule has 0 bridgehead atoms. The van der Waals surface area contributed by atoms with Crippen LogP contribution in [0.1, 0.15) is 35.3 Å². The zero-order valence-electron chi connectivity index (χ0n) is 19.9. The highest BCUT2D eigenvalue weighted by atomic mass is 35.5. The summed E-state index contributed by atoms with van der Waals surface area (Å²) < 4.78 is 24.5. The summed E-state index contributed by atoms with van der Waals surface area (Å²) in [5.41, 5.74) is 2.73. The van der Waals surface area contributed by atoms with Gasteiger partial charge in [-0.25, -0.2) is 14.2 Å². The van der Waals surface area contributed by atoms with E-state index in [2.05, 4.69) is 26.9 Å². The first-order valence-electron chi connectivity index (χ1n) is 11.7. The Morgan fingerprint density at radius 3 is 2.57 bits per heavy atom. The molecule has 8 heteroatoms. The normalized spacial score (nSPS) is 14.3. The fourth-order valence-electron chi connectivity index (χ4n) is 4.01. The average Bonchev–Trinajstić information content (AvgIpc) is 2.85. The number of piperazine rings is 1. The maximum Gasteiger partial charge on any atom is 0.342 e. The Labute approximate surface area is 210 Å². The zero-order valence-corrected chi connectivity index (χ0v) is 20.7. The van der Waals surface area contributed by atoms with Gasteiger partial charge >= 0.3 is 5.97 Å². The van der Waals surface area contributed by atoms with Gasteiger partial charge in [-0.15, -0.1) is 0 Å². The lowest BCUT2D eigenvalue weighted by atomic mass is 10.1. The topological polar surface area (TPSA) is 54.9 Å². The number of benzene rings is 2. The minimum absolute atomic E-state index is 0.0463. The summed E-state index contributed by atoms with van der Waals surface area (Å²) in [5.74, 6) is 0.408. The molecule has 1 aliphatic rings. The third-order valence-electron chi connectivity index (χ3n) is 5.72. The molecule has 0 atom stereocenters. The van der Waals surface area contributed by atoms with Crippen molar-refractivity contribution in [1.29, 1.82) is 0 Å². The number of ether oxygens (including phenoxy) is 2. The van der Waals surface area contributed by atoms with Gasteiger partial charge in [-0.1, -0.05) is 35.9 Å². The van der Waals surface area contributed by atoms with Crippen molar-refractivity contribution in [3.63, 3.8) is 0 Å². The highest BCUT2D eigenvalue weighted by Gasteiger charge is 2.23. The Kier molecular flexibility index (Phi) is 8.21. The Hall–Kier alpha value is -3.16. The number of hydrogen-bond donors (Lipinski definition) is 0. The van der Waals surface area contributed by atoms with E-state index in [9.17, 15) is 9.18 Å². The smallest absolute Gasteiger partial charge is 0.342 e. The van der Waals surface area contributed by atoms with Gasteiger partial charge in [0.05, 0.1) is 11.1 Å². The molecule has 0 unspecified atom stereocenters. The number of esters is 1. The lowest BCUT2D eigenvalue weighted by Crippen LogP contribution is -2.46. The van der Waals surface area contributed by atoms with Crippen LogP contribution < -0.4 is 9.64 Å². The van der Waals surface area contributed by atoms with Crippen LogP contribution in [0.15, 0.2) is 60.8 Å². The van der Waals surface area contributed by atoms with Crippen LogP contribution in [-0.4, -0.2) is 48.1 Å². The van der Waals surface area contributed by atoms with Crippen molar-refractivity contribution in [3.05, 3.63) is 88.3 Å². The van der Waals surface area contributed by atoms with E-state index < -0.39 is 5.82 Å². The number of rotatable bonds is 8. The van der Waals surface area contributed by atoms with E-state index in [1.807, 2.05) is 26.0 Å². The minimum atomic E-state index is -0.462. The summed E-state index contributed by atoms with van der Waals surface area (Å²) >= 11 is 5.83. The van der Waals surface area contributed by atoms with Crippen molar-refractivity contribution >= 4 is 23.4 Å². The third kappa shape index (κ3) is 6.71. The Balaban J connectivity index is 1.32. The summed E-state index contributed by atoms with van der Waals surface area (Å²) in [5, 5.41) is 0.0463. The van der Waals surface area contributed by atoms with Crippen LogP contribution in [0.25, 0.3) is 0 Å². The van der Waals surface area contributed by atoms with E-state index in [4.69, 9.17) is 21.1 Å². The molecule has 0 amide bonds. The third-order valence-corrected chi connectivity index (χ3v) is 6.00. The van der Waals surface area contributed by atoms with Crippen LogP contribution in [0.3, 0.4) is 0 Å². The lowest BCUT2D eigenvalue weighted by molar-refractivity contribution is 0.0378. The molecule has 3 aromatic rings. The van der Waals surface area contributed by atoms with Crippen molar-refractivity contribution in [2.45, 2.75) is 33.1 Å². The van der Waals surface area contributed by atoms with Gasteiger partial charge in [0.15, 0.2) is 0 Å². The molecule has 0 saturated carbocycles. The molecule has 2 heterocycles. The van der Waals surface area contributed by atoms with Crippen molar-refractivity contribution in [2.75, 3.05) is 31.1 Å². The van der Waals surface area contributed by atoms with Crippen molar-refractivity contribution in [2.24, 2.45) is 0 Å². The molecule has 184 valence electrons. The first-order valence-corrected chi connectivity index (χ1v) is 12.1. The number of aromatic nitrogens is 1. The van der Waals surface area contributed by atoms with Crippen LogP contribution in [0.2, 0.25) is 5.02 Å². The van der Waals surface area contributed by atoms with Gasteiger partial charge in [-0.3, -0.25) is 4.90 Å². The number of anilines is 1. The van der Waals surface area contributed by atoms with Crippen LogP contribution in [0, 0.1) is 5.82 Å². The predicted molar refractivity (Wildman–Crippen MR) is 134 cm³/mol. The van der Waals surface area contributed by atoms with E-state index in [0.717, 1.165) is 38.3 Å². The van der Waals surface area contributed by atoms with Crippen LogP contribution in [0.4, 0.5) is 10.2 Å². The maximum atomic E-state index is 13.3. The number of nitrogens with zero attached hydrogens (tertiary/aromatic N) is 3. The molecule has 1 saturated heterocycles. The molecule has 1 aliphatic heterocycles. The minimum Gasteiger partial charge on any atom is -0.489 e. The highest BCUT2D eigenvalue weighted by Crippen LogP contribution is 2.23. The van der Waals surface area contributed by atoms with E-state index in [0.29, 0.717) is 23.7 Å². The van der Waals surface area contributed by atoms with Gasteiger partial charge in [-0.2, -0.15) is 0 Å². The molecule has 1 fully saturated rings. The Morgan fingerprint density at radius 2 is 1.83 bits per heavy atom. The number of pyridine rings is 1. The second-order valence-electron chi connectivity index (χ2n) is 8.78. The number of hydrogen-bond acceptors (Lipinski definition) is 6. The van der Waals surface area contributed by atoms with Gasteiger partial charge in [0, 0.05) is 45.0 Å². The SMILES string of the molecule is CC(C)OC(=O)c1cccnc1N1CCN(Cc2cccc(COc3ccc(F)c(Cl)c3)c2)CC1. The van der Waals surface area contributed by atoms with Gasteiger partial charge in [0.25, 0.3) is 0 Å². The molecule has 0 spiro atoms. The van der Waals surface area contributed by atoms with E-state index in [1.54, 1.807) is 24.4 Å². The van der Waals surface area contributed by atoms with Crippen LogP contribution >= 0.6 is 11.6 Å². The van der Waals surface area contributed by atoms with Crippen molar-refractivity contribution in [1.82, 2.24) is 9.88 Å². The van der Waals surface area contributed by atoms with Gasteiger partial charge in [0.2, 0.25) is 0 Å². The Morgan fingerprint density at radius 1 is 1.06 bits per heavy atom. The van der Waals surface area contributed by atoms with Crippen molar-refractivity contribution < 1.29 is 18.7 Å². The van der Waals surface area contributed by atoms with Gasteiger partial charge < -0.3 is 14.4 Å². The van der Waals surface area contributed by atoms with Gasteiger partial charge in [0.1, 0.15) is 29.6 Å². The first kappa shape index (κ1) is 24.9. The zero-order chi connectivity index (χ0) is 24.8. The van der Waals surface area contributed by atoms with E-state index in [1.165, 1.54) is 17.7 Å².